The van der Waals surface area contributed by atoms with E-state index in [0.717, 1.165) is 18.4 Å². The average molecular weight is 324 g/mol. The lowest BCUT2D eigenvalue weighted by molar-refractivity contribution is 0.0917. The van der Waals surface area contributed by atoms with Gasteiger partial charge in [0.15, 0.2) is 0 Å². The highest BCUT2D eigenvalue weighted by atomic mass is 35.5. The number of carbonyl (C=O) groups is 1. The van der Waals surface area contributed by atoms with E-state index < -0.39 is 0 Å². The highest BCUT2D eigenvalue weighted by Gasteiger charge is 2.25. The molecule has 7 heteroatoms. The van der Waals surface area contributed by atoms with Crippen molar-refractivity contribution in [2.75, 3.05) is 6.54 Å². The Hall–Kier alpha value is -1.66. The molecule has 120 valence electrons. The fraction of sp³-hybridized carbons (Fsp3) is 0.533. The van der Waals surface area contributed by atoms with Crippen molar-refractivity contribution in [3.05, 3.63) is 30.4 Å². The van der Waals surface area contributed by atoms with E-state index in [1.54, 1.807) is 29.3 Å². The van der Waals surface area contributed by atoms with E-state index in [1.165, 1.54) is 19.3 Å². The van der Waals surface area contributed by atoms with Crippen LogP contribution in [-0.4, -0.2) is 33.1 Å². The van der Waals surface area contributed by atoms with Crippen LogP contribution in [0.25, 0.3) is 5.52 Å². The second-order valence-corrected chi connectivity index (χ2v) is 5.68. The Morgan fingerprint density at radius 2 is 2.14 bits per heavy atom. The Bertz CT molecular complexity index is 623. The molecule has 3 rings (SSSR count). The zero-order chi connectivity index (χ0) is 14.7. The summed E-state index contributed by atoms with van der Waals surface area (Å²) in [5.41, 5.74) is 7.14. The van der Waals surface area contributed by atoms with Gasteiger partial charge in [0.05, 0.1) is 23.5 Å². The van der Waals surface area contributed by atoms with Gasteiger partial charge in [-0.15, -0.1) is 12.4 Å². The summed E-state index contributed by atoms with van der Waals surface area (Å²) in [6.07, 6.45) is 12.7. The molecule has 2 heterocycles. The summed E-state index contributed by atoms with van der Waals surface area (Å²) in [7, 11) is 0. The van der Waals surface area contributed by atoms with E-state index in [1.807, 2.05) is 0 Å². The van der Waals surface area contributed by atoms with E-state index >= 15 is 0 Å². The third kappa shape index (κ3) is 3.39. The van der Waals surface area contributed by atoms with Crippen molar-refractivity contribution in [2.24, 2.45) is 11.7 Å². The Morgan fingerprint density at radius 1 is 1.36 bits per heavy atom. The smallest absolute Gasteiger partial charge is 0.255 e. The first kappa shape index (κ1) is 16.7. The quantitative estimate of drug-likeness (QED) is 0.898. The minimum absolute atomic E-state index is 0. The summed E-state index contributed by atoms with van der Waals surface area (Å²) < 4.78 is 1.65. The molecule has 22 heavy (non-hydrogen) atoms. The number of fused-ring (bicyclic) bond motifs is 1. The monoisotopic (exact) mass is 323 g/mol. The summed E-state index contributed by atoms with van der Waals surface area (Å²) >= 11 is 0. The van der Waals surface area contributed by atoms with Gasteiger partial charge in [0.2, 0.25) is 0 Å². The summed E-state index contributed by atoms with van der Waals surface area (Å²) in [5.74, 6) is 0.381. The Morgan fingerprint density at radius 3 is 2.86 bits per heavy atom. The van der Waals surface area contributed by atoms with Crippen LogP contribution in [-0.2, 0) is 0 Å². The zero-order valence-electron chi connectivity index (χ0n) is 12.4. The van der Waals surface area contributed by atoms with Gasteiger partial charge in [0.25, 0.3) is 5.91 Å². The molecule has 0 spiro atoms. The van der Waals surface area contributed by atoms with E-state index in [4.69, 9.17) is 5.73 Å². The van der Waals surface area contributed by atoms with Crippen LogP contribution in [0.2, 0.25) is 0 Å². The number of nitrogens with two attached hydrogens (primary N) is 1. The maximum atomic E-state index is 12.5. The number of rotatable bonds is 4. The van der Waals surface area contributed by atoms with Gasteiger partial charge in [-0.25, -0.2) is 4.52 Å². The van der Waals surface area contributed by atoms with Gasteiger partial charge in [-0.3, -0.25) is 9.78 Å². The van der Waals surface area contributed by atoms with Gasteiger partial charge in [0, 0.05) is 25.0 Å². The van der Waals surface area contributed by atoms with Crippen molar-refractivity contribution in [1.82, 2.24) is 19.9 Å². The largest absolute Gasteiger partial charge is 0.348 e. The molecular formula is C15H22ClN5O. The number of halogens is 1. The van der Waals surface area contributed by atoms with Crippen molar-refractivity contribution in [3.8, 4) is 0 Å². The molecule has 3 N–H and O–H groups in total. The van der Waals surface area contributed by atoms with Crippen LogP contribution in [0.4, 0.5) is 0 Å². The molecule has 2 aromatic rings. The second-order valence-electron chi connectivity index (χ2n) is 5.68. The minimum atomic E-state index is -0.112. The molecule has 1 saturated carbocycles. The van der Waals surface area contributed by atoms with Crippen molar-refractivity contribution in [1.29, 1.82) is 0 Å². The number of carbonyl (C=O) groups excluding carboxylic acids is 1. The molecule has 1 fully saturated rings. The molecule has 0 aromatic carbocycles. The molecule has 1 unspecified atom stereocenters. The normalized spacial score (nSPS) is 17.0. The lowest BCUT2D eigenvalue weighted by Crippen LogP contribution is -2.45. The standard InChI is InChI=1S/C15H21N5O.ClH/c16-8-13(11-4-2-1-3-5-11)19-15(21)12-9-18-20-7-6-17-10-14(12)20;/h6-7,9-11,13H,1-5,8,16H2,(H,19,21);1H. The van der Waals surface area contributed by atoms with Gasteiger partial charge in [0.1, 0.15) is 0 Å². The fourth-order valence-corrected chi connectivity index (χ4v) is 3.16. The minimum Gasteiger partial charge on any atom is -0.348 e. The third-order valence-corrected chi connectivity index (χ3v) is 4.36. The Balaban J connectivity index is 0.00000176. The topological polar surface area (TPSA) is 85.3 Å². The molecule has 6 nitrogen and oxygen atoms in total. The summed E-state index contributed by atoms with van der Waals surface area (Å²) in [4.78, 5) is 16.5. The summed E-state index contributed by atoms with van der Waals surface area (Å²) in [5, 5.41) is 7.26. The number of nitrogens with zero attached hydrogens (tertiary/aromatic N) is 3. The predicted octanol–water partition coefficient (Wildman–Crippen LogP) is 1.79. The van der Waals surface area contributed by atoms with Crippen LogP contribution in [0.15, 0.2) is 24.8 Å². The number of amides is 1. The lowest BCUT2D eigenvalue weighted by Gasteiger charge is -2.29. The first-order chi connectivity index (χ1) is 10.3. The van der Waals surface area contributed by atoms with Crippen molar-refractivity contribution in [3.63, 3.8) is 0 Å². The zero-order valence-corrected chi connectivity index (χ0v) is 13.3. The SMILES string of the molecule is Cl.NCC(NC(=O)c1cnn2ccncc12)C1CCCCC1. The predicted molar refractivity (Wildman–Crippen MR) is 87.1 cm³/mol. The number of nitrogens with one attached hydrogen (secondary N) is 1. The van der Waals surface area contributed by atoms with Gasteiger partial charge in [-0.1, -0.05) is 19.3 Å². The molecule has 0 bridgehead atoms. The van der Waals surface area contributed by atoms with E-state index in [9.17, 15) is 4.79 Å². The van der Waals surface area contributed by atoms with Crippen LogP contribution in [0, 0.1) is 5.92 Å². The van der Waals surface area contributed by atoms with Crippen molar-refractivity contribution >= 4 is 23.8 Å². The van der Waals surface area contributed by atoms with Crippen LogP contribution in [0.1, 0.15) is 42.5 Å². The maximum Gasteiger partial charge on any atom is 0.255 e. The number of aromatic nitrogens is 3. The highest BCUT2D eigenvalue weighted by Crippen LogP contribution is 2.26. The third-order valence-electron chi connectivity index (χ3n) is 4.36. The van der Waals surface area contributed by atoms with Gasteiger partial charge >= 0.3 is 0 Å². The molecule has 0 aliphatic heterocycles. The first-order valence-electron chi connectivity index (χ1n) is 7.58. The van der Waals surface area contributed by atoms with Crippen LogP contribution in [0.5, 0.6) is 0 Å². The maximum absolute atomic E-state index is 12.5. The molecular weight excluding hydrogens is 302 g/mol. The van der Waals surface area contributed by atoms with E-state index in [0.29, 0.717) is 18.0 Å². The van der Waals surface area contributed by atoms with E-state index in [2.05, 4.69) is 15.4 Å². The number of hydrogen-bond acceptors (Lipinski definition) is 4. The number of hydrogen-bond donors (Lipinski definition) is 2. The Kier molecular flexibility index (Phi) is 5.74. The van der Waals surface area contributed by atoms with Crippen LogP contribution < -0.4 is 11.1 Å². The molecule has 1 atom stereocenters. The Labute approximate surface area is 135 Å². The second kappa shape index (κ2) is 7.56. The molecule has 1 amide bonds. The summed E-state index contributed by atoms with van der Waals surface area (Å²) in [6.45, 7) is 0.480. The average Bonchev–Trinajstić information content (AvgIpc) is 2.97. The molecule has 1 aliphatic carbocycles. The van der Waals surface area contributed by atoms with Crippen molar-refractivity contribution < 1.29 is 4.79 Å². The first-order valence-corrected chi connectivity index (χ1v) is 7.58. The van der Waals surface area contributed by atoms with Gasteiger partial charge in [-0.05, 0) is 18.8 Å². The molecule has 0 saturated heterocycles. The van der Waals surface area contributed by atoms with Gasteiger partial charge in [-0.2, -0.15) is 5.10 Å². The molecule has 1 aliphatic rings. The summed E-state index contributed by atoms with van der Waals surface area (Å²) in [6, 6.07) is 0.0458. The fourth-order valence-electron chi connectivity index (χ4n) is 3.16. The van der Waals surface area contributed by atoms with Gasteiger partial charge < -0.3 is 11.1 Å². The molecule has 2 aromatic heterocycles. The van der Waals surface area contributed by atoms with E-state index in [-0.39, 0.29) is 24.4 Å². The highest BCUT2D eigenvalue weighted by molar-refractivity contribution is 6.00. The van der Waals surface area contributed by atoms with Crippen LogP contribution in [0.3, 0.4) is 0 Å². The van der Waals surface area contributed by atoms with Crippen molar-refractivity contribution in [2.45, 2.75) is 38.1 Å². The lowest BCUT2D eigenvalue weighted by atomic mass is 9.84. The molecule has 0 radical (unpaired) electrons. The van der Waals surface area contributed by atoms with Crippen LogP contribution >= 0.6 is 12.4 Å².